The third-order valence-corrected chi connectivity index (χ3v) is 3.75. The smallest absolute Gasteiger partial charge is 0.191 e. The standard InChI is InChI=1S/C15H32N4O2/c1-13(11-19-6-8-21-9-7-19)10-17-14(16-4)18-12-15(2,3)20-5/h13H,6-12H2,1-5H3,(H2,16,17,18). The first-order valence-electron chi connectivity index (χ1n) is 7.76. The van der Waals surface area contributed by atoms with E-state index in [4.69, 9.17) is 9.47 Å². The molecule has 0 amide bonds. The Hall–Kier alpha value is -0.850. The minimum Gasteiger partial charge on any atom is -0.379 e. The Morgan fingerprint density at radius 2 is 2.00 bits per heavy atom. The quantitative estimate of drug-likeness (QED) is 0.531. The van der Waals surface area contributed by atoms with Gasteiger partial charge in [-0.2, -0.15) is 0 Å². The Labute approximate surface area is 129 Å². The van der Waals surface area contributed by atoms with Crippen LogP contribution < -0.4 is 10.6 Å². The summed E-state index contributed by atoms with van der Waals surface area (Å²) in [7, 11) is 3.52. The van der Waals surface area contributed by atoms with Gasteiger partial charge in [-0.1, -0.05) is 6.92 Å². The first kappa shape index (κ1) is 18.2. The summed E-state index contributed by atoms with van der Waals surface area (Å²) in [5, 5.41) is 6.68. The van der Waals surface area contributed by atoms with Crippen molar-refractivity contribution in [3.63, 3.8) is 0 Å². The summed E-state index contributed by atoms with van der Waals surface area (Å²) in [6, 6.07) is 0. The summed E-state index contributed by atoms with van der Waals surface area (Å²) in [6.45, 7) is 12.9. The van der Waals surface area contributed by atoms with Gasteiger partial charge in [0.25, 0.3) is 0 Å². The maximum Gasteiger partial charge on any atom is 0.191 e. The van der Waals surface area contributed by atoms with Gasteiger partial charge in [-0.15, -0.1) is 0 Å². The van der Waals surface area contributed by atoms with Crippen molar-refractivity contribution in [2.75, 3.05) is 60.1 Å². The molecule has 6 heteroatoms. The highest BCUT2D eigenvalue weighted by atomic mass is 16.5. The van der Waals surface area contributed by atoms with E-state index in [0.29, 0.717) is 5.92 Å². The number of nitrogens with zero attached hydrogens (tertiary/aromatic N) is 2. The Bertz CT molecular complexity index is 315. The molecule has 0 radical (unpaired) electrons. The zero-order valence-electron chi connectivity index (χ0n) is 14.2. The van der Waals surface area contributed by atoms with Crippen LogP contribution in [0.1, 0.15) is 20.8 Å². The molecule has 0 aromatic carbocycles. The largest absolute Gasteiger partial charge is 0.379 e. The molecule has 0 aromatic heterocycles. The van der Waals surface area contributed by atoms with Crippen molar-refractivity contribution in [1.82, 2.24) is 15.5 Å². The van der Waals surface area contributed by atoms with E-state index in [2.05, 4.69) is 27.4 Å². The third-order valence-electron chi connectivity index (χ3n) is 3.75. The van der Waals surface area contributed by atoms with Crippen molar-refractivity contribution in [1.29, 1.82) is 0 Å². The molecule has 124 valence electrons. The molecule has 21 heavy (non-hydrogen) atoms. The summed E-state index contributed by atoms with van der Waals surface area (Å²) in [5.74, 6) is 1.39. The highest BCUT2D eigenvalue weighted by Gasteiger charge is 2.17. The molecule has 1 unspecified atom stereocenters. The highest BCUT2D eigenvalue weighted by molar-refractivity contribution is 5.79. The SMILES string of the molecule is CN=C(NCC(C)CN1CCOCC1)NCC(C)(C)OC. The van der Waals surface area contributed by atoms with Gasteiger partial charge in [-0.3, -0.25) is 9.89 Å². The number of aliphatic imine (C=N–C) groups is 1. The molecule has 0 saturated carbocycles. The zero-order chi connectivity index (χ0) is 15.7. The number of rotatable bonds is 7. The molecule has 1 saturated heterocycles. The van der Waals surface area contributed by atoms with Crippen molar-refractivity contribution in [3.05, 3.63) is 0 Å². The predicted molar refractivity (Wildman–Crippen MR) is 86.9 cm³/mol. The maximum atomic E-state index is 5.39. The van der Waals surface area contributed by atoms with Crippen LogP contribution in [0.2, 0.25) is 0 Å². The Morgan fingerprint density at radius 1 is 1.33 bits per heavy atom. The van der Waals surface area contributed by atoms with Crippen LogP contribution in [0, 0.1) is 5.92 Å². The number of ether oxygens (including phenoxy) is 2. The number of morpholine rings is 1. The van der Waals surface area contributed by atoms with Crippen LogP contribution >= 0.6 is 0 Å². The lowest BCUT2D eigenvalue weighted by Gasteiger charge is -2.29. The van der Waals surface area contributed by atoms with Gasteiger partial charge in [0.2, 0.25) is 0 Å². The van der Waals surface area contributed by atoms with Crippen molar-refractivity contribution in [2.24, 2.45) is 10.9 Å². The molecule has 6 nitrogen and oxygen atoms in total. The van der Waals surface area contributed by atoms with Gasteiger partial charge >= 0.3 is 0 Å². The fourth-order valence-electron chi connectivity index (χ4n) is 2.15. The second kappa shape index (κ2) is 9.23. The van der Waals surface area contributed by atoms with E-state index in [1.807, 2.05) is 13.8 Å². The number of nitrogens with one attached hydrogen (secondary N) is 2. The van der Waals surface area contributed by atoms with Crippen molar-refractivity contribution in [2.45, 2.75) is 26.4 Å². The Balaban J connectivity index is 2.24. The lowest BCUT2D eigenvalue weighted by atomic mass is 10.1. The minimum atomic E-state index is -0.197. The van der Waals surface area contributed by atoms with Gasteiger partial charge in [-0.25, -0.2) is 0 Å². The van der Waals surface area contributed by atoms with Crippen LogP contribution in [0.25, 0.3) is 0 Å². The van der Waals surface area contributed by atoms with Crippen LogP contribution in [0.15, 0.2) is 4.99 Å². The van der Waals surface area contributed by atoms with Crippen LogP contribution in [0.3, 0.4) is 0 Å². The molecule has 1 aliphatic rings. The zero-order valence-corrected chi connectivity index (χ0v) is 14.2. The van der Waals surface area contributed by atoms with E-state index in [1.165, 1.54) is 0 Å². The molecule has 1 fully saturated rings. The minimum absolute atomic E-state index is 0.197. The Kier molecular flexibility index (Phi) is 8.00. The van der Waals surface area contributed by atoms with Gasteiger partial charge in [0.15, 0.2) is 5.96 Å². The first-order valence-corrected chi connectivity index (χ1v) is 7.76. The molecule has 0 bridgehead atoms. The second-order valence-electron chi connectivity index (χ2n) is 6.29. The summed E-state index contributed by atoms with van der Waals surface area (Å²) in [5.41, 5.74) is -0.197. The molecule has 1 rings (SSSR count). The van der Waals surface area contributed by atoms with E-state index in [1.54, 1.807) is 14.2 Å². The van der Waals surface area contributed by atoms with E-state index < -0.39 is 0 Å². The number of guanidine groups is 1. The Morgan fingerprint density at radius 3 is 2.57 bits per heavy atom. The number of hydrogen-bond acceptors (Lipinski definition) is 4. The molecule has 1 aliphatic heterocycles. The molecular weight excluding hydrogens is 268 g/mol. The second-order valence-corrected chi connectivity index (χ2v) is 6.29. The van der Waals surface area contributed by atoms with Crippen LogP contribution in [-0.4, -0.2) is 76.6 Å². The summed E-state index contributed by atoms with van der Waals surface area (Å²) < 4.78 is 10.8. The van der Waals surface area contributed by atoms with Gasteiger partial charge in [0.1, 0.15) is 0 Å². The van der Waals surface area contributed by atoms with Crippen molar-refractivity contribution >= 4 is 5.96 Å². The lowest BCUT2D eigenvalue weighted by molar-refractivity contribution is 0.0267. The van der Waals surface area contributed by atoms with Gasteiger partial charge in [-0.05, 0) is 19.8 Å². The number of methoxy groups -OCH3 is 1. The van der Waals surface area contributed by atoms with Crippen molar-refractivity contribution < 1.29 is 9.47 Å². The summed E-state index contributed by atoms with van der Waals surface area (Å²) in [6.07, 6.45) is 0. The van der Waals surface area contributed by atoms with Gasteiger partial charge < -0.3 is 20.1 Å². The topological polar surface area (TPSA) is 58.1 Å². The predicted octanol–water partition coefficient (Wildman–Crippen LogP) is 0.545. The summed E-state index contributed by atoms with van der Waals surface area (Å²) in [4.78, 5) is 6.71. The van der Waals surface area contributed by atoms with E-state index in [9.17, 15) is 0 Å². The van der Waals surface area contributed by atoms with Gasteiger partial charge in [0.05, 0.1) is 18.8 Å². The van der Waals surface area contributed by atoms with E-state index in [0.717, 1.165) is 51.9 Å². The van der Waals surface area contributed by atoms with E-state index in [-0.39, 0.29) is 5.60 Å². The molecule has 0 aliphatic carbocycles. The van der Waals surface area contributed by atoms with Crippen LogP contribution in [-0.2, 0) is 9.47 Å². The molecule has 0 spiro atoms. The lowest BCUT2D eigenvalue weighted by Crippen LogP contribution is -2.47. The normalized spacial score (nSPS) is 19.4. The molecule has 0 aromatic rings. The summed E-state index contributed by atoms with van der Waals surface area (Å²) >= 11 is 0. The number of hydrogen-bond donors (Lipinski definition) is 2. The van der Waals surface area contributed by atoms with Gasteiger partial charge in [0, 0.05) is 46.9 Å². The average Bonchev–Trinajstić information content (AvgIpc) is 2.48. The molecular formula is C15H32N4O2. The van der Waals surface area contributed by atoms with Crippen LogP contribution in [0.5, 0.6) is 0 Å². The monoisotopic (exact) mass is 300 g/mol. The maximum absolute atomic E-state index is 5.39. The van der Waals surface area contributed by atoms with Crippen LogP contribution in [0.4, 0.5) is 0 Å². The van der Waals surface area contributed by atoms with E-state index >= 15 is 0 Å². The fraction of sp³-hybridized carbons (Fsp3) is 0.933. The average molecular weight is 300 g/mol. The van der Waals surface area contributed by atoms with Crippen molar-refractivity contribution in [3.8, 4) is 0 Å². The molecule has 2 N–H and O–H groups in total. The molecule has 1 heterocycles. The molecule has 1 atom stereocenters. The highest BCUT2D eigenvalue weighted by Crippen LogP contribution is 2.05. The first-order chi connectivity index (χ1) is 9.96. The third kappa shape index (κ3) is 7.64. The fourth-order valence-corrected chi connectivity index (χ4v) is 2.15.